The largest absolute Gasteiger partial charge is 0.394 e. The maximum absolute atomic E-state index is 9.36. The number of aliphatic hydroxyl groups is 3. The van der Waals surface area contributed by atoms with Gasteiger partial charge in [-0.3, -0.25) is 0 Å². The molecule has 0 aliphatic rings. The molecule has 0 saturated carbocycles. The summed E-state index contributed by atoms with van der Waals surface area (Å²) in [4.78, 5) is 0. The summed E-state index contributed by atoms with van der Waals surface area (Å²) in [5, 5.41) is 27.0. The Morgan fingerprint density at radius 2 is 1.62 bits per heavy atom. The van der Waals surface area contributed by atoms with Gasteiger partial charge in [0, 0.05) is 6.42 Å². The van der Waals surface area contributed by atoms with Crippen LogP contribution in [0.4, 0.5) is 0 Å². The summed E-state index contributed by atoms with van der Waals surface area (Å²) >= 11 is 0. The van der Waals surface area contributed by atoms with Crippen molar-refractivity contribution in [3.8, 4) is 0 Å². The summed E-state index contributed by atoms with van der Waals surface area (Å²) in [5.74, 6) is 0. The van der Waals surface area contributed by atoms with E-state index >= 15 is 0 Å². The first-order valence-corrected chi connectivity index (χ1v) is 4.25. The molecule has 0 aliphatic carbocycles. The second-order valence-electron chi connectivity index (χ2n) is 3.01. The van der Waals surface area contributed by atoms with E-state index in [1.807, 2.05) is 30.3 Å². The number of rotatable bonds is 4. The average Bonchev–Trinajstić information content (AvgIpc) is 2.18. The summed E-state index contributed by atoms with van der Waals surface area (Å²) in [7, 11) is 0. The highest BCUT2D eigenvalue weighted by atomic mass is 16.4. The van der Waals surface area contributed by atoms with Gasteiger partial charge in [-0.2, -0.15) is 0 Å². The van der Waals surface area contributed by atoms with E-state index in [1.54, 1.807) is 0 Å². The van der Waals surface area contributed by atoms with Crippen molar-refractivity contribution in [1.29, 1.82) is 0 Å². The van der Waals surface area contributed by atoms with Crippen molar-refractivity contribution in [2.75, 3.05) is 6.61 Å². The zero-order valence-corrected chi connectivity index (χ0v) is 7.30. The molecule has 0 amide bonds. The van der Waals surface area contributed by atoms with Crippen molar-refractivity contribution in [1.82, 2.24) is 0 Å². The molecule has 72 valence electrons. The van der Waals surface area contributed by atoms with E-state index in [-0.39, 0.29) is 0 Å². The van der Waals surface area contributed by atoms with Crippen LogP contribution in [0, 0.1) is 0 Å². The highest BCUT2D eigenvalue weighted by molar-refractivity contribution is 5.15. The van der Waals surface area contributed by atoms with Gasteiger partial charge in [-0.15, -0.1) is 0 Å². The predicted molar refractivity (Wildman–Crippen MR) is 49.2 cm³/mol. The van der Waals surface area contributed by atoms with Gasteiger partial charge >= 0.3 is 0 Å². The lowest BCUT2D eigenvalue weighted by atomic mass is 10.0. The van der Waals surface area contributed by atoms with Crippen LogP contribution in [0.15, 0.2) is 30.3 Å². The van der Waals surface area contributed by atoms with Crippen LogP contribution in [0.2, 0.25) is 0 Å². The van der Waals surface area contributed by atoms with Gasteiger partial charge in [-0.05, 0) is 5.56 Å². The van der Waals surface area contributed by atoms with Crippen molar-refractivity contribution in [2.24, 2.45) is 0 Å². The molecule has 0 unspecified atom stereocenters. The fraction of sp³-hybridized carbons (Fsp3) is 0.400. The predicted octanol–water partition coefficient (Wildman–Crippen LogP) is -0.0568. The van der Waals surface area contributed by atoms with Crippen LogP contribution in [0.25, 0.3) is 0 Å². The van der Waals surface area contributed by atoms with Crippen LogP contribution in [0.1, 0.15) is 5.56 Å². The maximum Gasteiger partial charge on any atom is 0.103 e. The van der Waals surface area contributed by atoms with Gasteiger partial charge in [0.1, 0.15) is 6.10 Å². The summed E-state index contributed by atoms with van der Waals surface area (Å²) in [6.07, 6.45) is -1.59. The lowest BCUT2D eigenvalue weighted by molar-refractivity contribution is -0.0132. The van der Waals surface area contributed by atoms with E-state index in [0.717, 1.165) is 5.56 Å². The zero-order chi connectivity index (χ0) is 9.68. The summed E-state index contributed by atoms with van der Waals surface area (Å²) in [6.45, 7) is -0.409. The average molecular weight is 182 g/mol. The van der Waals surface area contributed by atoms with Crippen LogP contribution in [-0.4, -0.2) is 34.1 Å². The van der Waals surface area contributed by atoms with Crippen LogP contribution in [-0.2, 0) is 6.42 Å². The smallest absolute Gasteiger partial charge is 0.103 e. The molecule has 0 spiro atoms. The Morgan fingerprint density at radius 3 is 2.15 bits per heavy atom. The molecule has 0 aromatic heterocycles. The first-order chi connectivity index (χ1) is 6.24. The van der Waals surface area contributed by atoms with Crippen molar-refractivity contribution in [3.63, 3.8) is 0 Å². The molecule has 3 N–H and O–H groups in total. The fourth-order valence-corrected chi connectivity index (χ4v) is 1.11. The highest BCUT2D eigenvalue weighted by Gasteiger charge is 2.14. The molecule has 1 aromatic rings. The fourth-order valence-electron chi connectivity index (χ4n) is 1.11. The Bertz CT molecular complexity index is 235. The Morgan fingerprint density at radius 1 is 1.00 bits per heavy atom. The number of hydrogen-bond acceptors (Lipinski definition) is 3. The standard InChI is InChI=1S/C10H14O3/c11-7-10(13)9(12)6-8-4-2-1-3-5-8/h1-5,9-13H,6-7H2/t9-,10+/m0/s1. The van der Waals surface area contributed by atoms with E-state index in [4.69, 9.17) is 10.2 Å². The maximum atomic E-state index is 9.36. The van der Waals surface area contributed by atoms with E-state index in [9.17, 15) is 5.11 Å². The van der Waals surface area contributed by atoms with Crippen LogP contribution < -0.4 is 0 Å². The summed E-state index contributed by atoms with van der Waals surface area (Å²) in [6, 6.07) is 9.36. The minimum absolute atomic E-state index is 0.364. The number of aliphatic hydroxyl groups excluding tert-OH is 3. The minimum atomic E-state index is -1.06. The molecule has 3 nitrogen and oxygen atoms in total. The first kappa shape index (κ1) is 10.2. The number of benzene rings is 1. The lowest BCUT2D eigenvalue weighted by Gasteiger charge is -2.15. The van der Waals surface area contributed by atoms with E-state index in [2.05, 4.69) is 0 Å². The molecule has 0 heterocycles. The van der Waals surface area contributed by atoms with Gasteiger partial charge in [-0.1, -0.05) is 30.3 Å². The lowest BCUT2D eigenvalue weighted by Crippen LogP contribution is -2.30. The van der Waals surface area contributed by atoms with Gasteiger partial charge in [0.15, 0.2) is 0 Å². The molecule has 0 fully saturated rings. The third-order valence-electron chi connectivity index (χ3n) is 1.92. The van der Waals surface area contributed by atoms with Crippen molar-refractivity contribution in [2.45, 2.75) is 18.6 Å². The Balaban J connectivity index is 2.50. The van der Waals surface area contributed by atoms with Gasteiger partial charge in [0.25, 0.3) is 0 Å². The van der Waals surface area contributed by atoms with E-state index in [0.29, 0.717) is 6.42 Å². The molecule has 0 radical (unpaired) electrons. The second-order valence-corrected chi connectivity index (χ2v) is 3.01. The minimum Gasteiger partial charge on any atom is -0.394 e. The highest BCUT2D eigenvalue weighted by Crippen LogP contribution is 2.05. The molecule has 0 aliphatic heterocycles. The molecule has 0 bridgehead atoms. The third-order valence-corrected chi connectivity index (χ3v) is 1.92. The molecule has 0 saturated heterocycles. The van der Waals surface area contributed by atoms with Gasteiger partial charge in [-0.25, -0.2) is 0 Å². The Kier molecular flexibility index (Phi) is 3.89. The third kappa shape index (κ3) is 3.14. The normalized spacial score (nSPS) is 15.3. The van der Waals surface area contributed by atoms with Crippen LogP contribution in [0.5, 0.6) is 0 Å². The van der Waals surface area contributed by atoms with Gasteiger partial charge in [0.05, 0.1) is 12.7 Å². The van der Waals surface area contributed by atoms with Crippen molar-refractivity contribution < 1.29 is 15.3 Å². The monoisotopic (exact) mass is 182 g/mol. The van der Waals surface area contributed by atoms with E-state index in [1.165, 1.54) is 0 Å². The Labute approximate surface area is 77.3 Å². The second kappa shape index (κ2) is 4.97. The molecule has 3 heteroatoms. The van der Waals surface area contributed by atoms with Crippen molar-refractivity contribution >= 4 is 0 Å². The molecule has 1 rings (SSSR count). The Hall–Kier alpha value is -0.900. The van der Waals surface area contributed by atoms with Gasteiger partial charge in [0.2, 0.25) is 0 Å². The van der Waals surface area contributed by atoms with E-state index < -0.39 is 18.8 Å². The molecular weight excluding hydrogens is 168 g/mol. The molecule has 13 heavy (non-hydrogen) atoms. The van der Waals surface area contributed by atoms with Crippen LogP contribution >= 0.6 is 0 Å². The number of hydrogen-bond donors (Lipinski definition) is 3. The quantitative estimate of drug-likeness (QED) is 0.611. The molecular formula is C10H14O3. The summed E-state index contributed by atoms with van der Waals surface area (Å²) in [5.41, 5.74) is 0.947. The van der Waals surface area contributed by atoms with Crippen molar-refractivity contribution in [3.05, 3.63) is 35.9 Å². The molecule has 1 aromatic carbocycles. The SMILES string of the molecule is OC[C@@H](O)[C@@H](O)Cc1ccccc1. The van der Waals surface area contributed by atoms with Gasteiger partial charge < -0.3 is 15.3 Å². The molecule has 2 atom stereocenters. The zero-order valence-electron chi connectivity index (χ0n) is 7.30. The van der Waals surface area contributed by atoms with Crippen LogP contribution in [0.3, 0.4) is 0 Å². The first-order valence-electron chi connectivity index (χ1n) is 4.25. The topological polar surface area (TPSA) is 60.7 Å². The summed E-state index contributed by atoms with van der Waals surface area (Å²) < 4.78 is 0.